The molecular weight excluding hydrogens is 365 g/mol. The molecular formula is C9H10Br2O2Zn. The number of halogens is 2. The average molecular weight is 375 g/mol. The minimum absolute atomic E-state index is 0.250. The summed E-state index contributed by atoms with van der Waals surface area (Å²) < 4.78 is 4.83. The first-order valence-electron chi connectivity index (χ1n) is 3.97. The molecule has 1 rings (SSSR count). The van der Waals surface area contributed by atoms with Gasteiger partial charge in [0, 0.05) is 6.92 Å². The second kappa shape index (κ2) is 8.57. The van der Waals surface area contributed by atoms with Crippen LogP contribution in [0.3, 0.4) is 0 Å². The van der Waals surface area contributed by atoms with Crippen molar-refractivity contribution in [3.8, 4) is 5.75 Å². The van der Waals surface area contributed by atoms with Crippen molar-refractivity contribution in [2.45, 2.75) is 13.8 Å². The van der Waals surface area contributed by atoms with E-state index in [0.717, 1.165) is 5.56 Å². The zero-order chi connectivity index (χ0) is 11.0. The fourth-order valence-corrected chi connectivity index (χ4v) is 0.772. The van der Waals surface area contributed by atoms with Crippen molar-refractivity contribution in [3.05, 3.63) is 29.8 Å². The molecule has 0 bridgehead atoms. The summed E-state index contributed by atoms with van der Waals surface area (Å²) in [5, 5.41) is 0. The molecule has 0 aliphatic rings. The number of hydrogen-bond acceptors (Lipinski definition) is 2. The van der Waals surface area contributed by atoms with Gasteiger partial charge < -0.3 is 4.74 Å². The predicted octanol–water partition coefficient (Wildman–Crippen LogP) is 3.61. The van der Waals surface area contributed by atoms with E-state index in [1.165, 1.54) is 6.92 Å². The van der Waals surface area contributed by atoms with Gasteiger partial charge >= 0.3 is 46.4 Å². The molecule has 14 heavy (non-hydrogen) atoms. The molecule has 2 nitrogen and oxygen atoms in total. The van der Waals surface area contributed by atoms with Crippen molar-refractivity contribution in [3.63, 3.8) is 0 Å². The maximum atomic E-state index is 10.5. The summed E-state index contributed by atoms with van der Waals surface area (Å²) in [6.45, 7) is 3.37. The molecule has 0 heterocycles. The molecule has 0 aliphatic carbocycles. The first kappa shape index (κ1) is 14.3. The van der Waals surface area contributed by atoms with Crippen LogP contribution in [0.2, 0.25) is 0 Å². The number of carbonyl (C=O) groups is 1. The van der Waals surface area contributed by atoms with Gasteiger partial charge in [0.15, 0.2) is 0 Å². The molecule has 0 unspecified atom stereocenters. The van der Waals surface area contributed by atoms with Gasteiger partial charge in [-0.05, 0) is 19.1 Å². The summed E-state index contributed by atoms with van der Waals surface area (Å²) in [6.07, 6.45) is 0. The molecule has 0 saturated heterocycles. The molecule has 0 radical (unpaired) electrons. The Morgan fingerprint density at radius 2 is 1.71 bits per heavy atom. The number of aryl methyl sites for hydroxylation is 1. The van der Waals surface area contributed by atoms with Gasteiger partial charge in [-0.15, -0.1) is 0 Å². The van der Waals surface area contributed by atoms with Crippen molar-refractivity contribution in [2.75, 3.05) is 0 Å². The molecule has 0 aromatic heterocycles. The molecule has 0 spiro atoms. The van der Waals surface area contributed by atoms with Gasteiger partial charge in [0.1, 0.15) is 5.75 Å². The number of ether oxygens (including phenoxy) is 1. The Labute approximate surface area is 105 Å². The Hall–Kier alpha value is 0.273. The van der Waals surface area contributed by atoms with Crippen LogP contribution in [0.1, 0.15) is 12.5 Å². The molecule has 1 aromatic carbocycles. The van der Waals surface area contributed by atoms with E-state index in [4.69, 9.17) is 4.74 Å². The minimum atomic E-state index is -0.283. The quantitative estimate of drug-likeness (QED) is 0.426. The Balaban J connectivity index is 0.000000500. The zero-order valence-corrected chi connectivity index (χ0v) is 14.2. The van der Waals surface area contributed by atoms with Crippen molar-refractivity contribution in [1.82, 2.24) is 0 Å². The fraction of sp³-hybridized carbons (Fsp3) is 0.222. The molecule has 5 heteroatoms. The van der Waals surface area contributed by atoms with E-state index in [-0.39, 0.29) is 19.2 Å². The first-order chi connectivity index (χ1) is 6.60. The van der Waals surface area contributed by atoms with Gasteiger partial charge in [-0.1, -0.05) is 17.7 Å². The third-order valence-electron chi connectivity index (χ3n) is 1.28. The van der Waals surface area contributed by atoms with Crippen molar-refractivity contribution >= 4 is 33.2 Å². The van der Waals surface area contributed by atoms with E-state index in [1.54, 1.807) is 12.1 Å². The van der Waals surface area contributed by atoms with Crippen LogP contribution in [0.15, 0.2) is 24.3 Å². The van der Waals surface area contributed by atoms with Gasteiger partial charge in [-0.3, -0.25) is 4.79 Å². The Kier molecular flexibility index (Phi) is 8.74. The van der Waals surface area contributed by atoms with Crippen LogP contribution in [0.25, 0.3) is 0 Å². The monoisotopic (exact) mass is 372 g/mol. The van der Waals surface area contributed by atoms with E-state index >= 15 is 0 Å². The summed E-state index contributed by atoms with van der Waals surface area (Å²) in [4.78, 5) is 10.5. The van der Waals surface area contributed by atoms with Crippen molar-refractivity contribution in [2.24, 2.45) is 0 Å². The van der Waals surface area contributed by atoms with Gasteiger partial charge in [0.05, 0.1) is 0 Å². The van der Waals surface area contributed by atoms with Crippen LogP contribution >= 0.6 is 27.2 Å². The van der Waals surface area contributed by atoms with Crippen molar-refractivity contribution in [1.29, 1.82) is 0 Å². The van der Waals surface area contributed by atoms with Crippen LogP contribution in [0, 0.1) is 6.92 Å². The topological polar surface area (TPSA) is 26.3 Å². The van der Waals surface area contributed by atoms with Crippen LogP contribution in [0.4, 0.5) is 0 Å². The number of benzene rings is 1. The number of carbonyl (C=O) groups excluding carboxylic acids is 1. The molecule has 74 valence electrons. The zero-order valence-electron chi connectivity index (χ0n) is 8.09. The van der Waals surface area contributed by atoms with Crippen LogP contribution in [0.5, 0.6) is 5.75 Å². The summed E-state index contributed by atoms with van der Waals surface area (Å²) in [6, 6.07) is 7.35. The van der Waals surface area contributed by atoms with Gasteiger partial charge in [0.2, 0.25) is 0 Å². The second-order valence-electron chi connectivity index (χ2n) is 2.51. The van der Waals surface area contributed by atoms with Gasteiger partial charge in [-0.2, -0.15) is 0 Å². The van der Waals surface area contributed by atoms with Gasteiger partial charge in [0.25, 0.3) is 0 Å². The summed E-state index contributed by atoms with van der Waals surface area (Å²) in [5.74, 6) is 0.317. The number of hydrogen-bond donors (Lipinski definition) is 0. The second-order valence-corrected chi connectivity index (χ2v) is 16.6. The normalized spacial score (nSPS) is 8.00. The van der Waals surface area contributed by atoms with E-state index in [0.29, 0.717) is 5.75 Å². The standard InChI is InChI=1S/C9H10O2.2BrH.Zn/c1-7-3-5-9(6-4-7)11-8(2)10;;;/h3-6H,1-2H3;2*1H;/q;;;+2/p-2. The van der Waals surface area contributed by atoms with Crippen LogP contribution in [-0.2, 0) is 18.0 Å². The predicted molar refractivity (Wildman–Crippen MR) is 60.3 cm³/mol. The van der Waals surface area contributed by atoms with E-state index in [1.807, 2.05) is 19.1 Å². The summed E-state index contributed by atoms with van der Waals surface area (Å²) in [7, 11) is 0. The molecule has 0 saturated carbocycles. The third-order valence-corrected chi connectivity index (χ3v) is 1.28. The molecule has 0 N–H and O–H groups in total. The SMILES string of the molecule is CC(=O)Oc1ccc(C)cc1.[Br][Zn][Br]. The summed E-state index contributed by atoms with van der Waals surface area (Å²) >= 11 is 6.25. The van der Waals surface area contributed by atoms with Crippen LogP contribution in [-0.4, -0.2) is 5.97 Å². The molecule has 1 aromatic rings. The Morgan fingerprint density at radius 3 is 2.07 bits per heavy atom. The summed E-state index contributed by atoms with van der Waals surface area (Å²) in [5.41, 5.74) is 1.15. The van der Waals surface area contributed by atoms with Crippen LogP contribution < -0.4 is 4.74 Å². The van der Waals surface area contributed by atoms with E-state index < -0.39 is 0 Å². The fourth-order valence-electron chi connectivity index (χ4n) is 0.772. The molecule has 0 amide bonds. The maximum absolute atomic E-state index is 10.5. The molecule has 0 fully saturated rings. The average Bonchev–Trinajstić information content (AvgIpc) is 2.09. The molecule has 0 aliphatic heterocycles. The first-order valence-corrected chi connectivity index (χ1v) is 17.9. The van der Waals surface area contributed by atoms with E-state index in [9.17, 15) is 4.79 Å². The van der Waals surface area contributed by atoms with Crippen molar-refractivity contribution < 1.29 is 22.7 Å². The number of rotatable bonds is 1. The van der Waals surface area contributed by atoms with E-state index in [2.05, 4.69) is 27.2 Å². The molecule has 0 atom stereocenters. The third kappa shape index (κ3) is 7.66. The van der Waals surface area contributed by atoms with Gasteiger partial charge in [-0.25, -0.2) is 0 Å². The Bertz CT molecular complexity index is 275. The Morgan fingerprint density at radius 1 is 1.29 bits per heavy atom. The number of esters is 1.